The van der Waals surface area contributed by atoms with E-state index in [1.165, 1.54) is 7.11 Å². The fraction of sp³-hybridized carbons (Fsp3) is 0.778. The Bertz CT molecular complexity index is 189. The summed E-state index contributed by atoms with van der Waals surface area (Å²) in [7, 11) is 1.48. The number of hydrogen-bond acceptors (Lipinski definition) is 3. The van der Waals surface area contributed by atoms with E-state index >= 15 is 0 Å². The summed E-state index contributed by atoms with van der Waals surface area (Å²) < 4.78 is 4.91. The minimum Gasteiger partial charge on any atom is -0.481 e. The minimum absolute atomic E-state index is 0.0735. The third kappa shape index (κ3) is 5.53. The van der Waals surface area contributed by atoms with Crippen LogP contribution in [-0.4, -0.2) is 36.7 Å². The number of aliphatic carboxylic acids is 1. The topological polar surface area (TPSA) is 75.6 Å². The lowest BCUT2D eigenvalue weighted by Gasteiger charge is -2.12. The summed E-state index contributed by atoms with van der Waals surface area (Å²) in [6.07, 6.45) is 0.701. The molecule has 0 aliphatic rings. The van der Waals surface area contributed by atoms with E-state index in [1.54, 1.807) is 0 Å². The van der Waals surface area contributed by atoms with Crippen molar-refractivity contribution >= 4 is 11.9 Å². The van der Waals surface area contributed by atoms with E-state index in [0.717, 1.165) is 0 Å². The van der Waals surface area contributed by atoms with Gasteiger partial charge in [-0.3, -0.25) is 9.59 Å². The van der Waals surface area contributed by atoms with Gasteiger partial charge in [-0.1, -0.05) is 6.92 Å². The Kier molecular flexibility index (Phi) is 6.74. The number of carboxylic acid groups (broad SMARTS) is 1. The van der Waals surface area contributed by atoms with Gasteiger partial charge in [0.1, 0.15) is 6.10 Å². The number of carboxylic acids is 1. The highest BCUT2D eigenvalue weighted by Crippen LogP contribution is 1.96. The molecule has 0 saturated carbocycles. The molecule has 0 fully saturated rings. The Morgan fingerprint density at radius 1 is 1.50 bits per heavy atom. The molecule has 5 heteroatoms. The van der Waals surface area contributed by atoms with Gasteiger partial charge in [0.15, 0.2) is 0 Å². The van der Waals surface area contributed by atoms with Gasteiger partial charge < -0.3 is 15.2 Å². The normalized spacial score (nSPS) is 12.1. The Labute approximate surface area is 83.4 Å². The van der Waals surface area contributed by atoms with Crippen LogP contribution in [0.1, 0.15) is 26.2 Å². The number of carbonyl (C=O) groups excluding carboxylic acids is 1. The molecule has 0 bridgehead atoms. The first-order chi connectivity index (χ1) is 6.61. The number of methoxy groups -OCH3 is 1. The Morgan fingerprint density at radius 3 is 2.57 bits per heavy atom. The molecule has 1 amide bonds. The van der Waals surface area contributed by atoms with Crippen molar-refractivity contribution in [3.8, 4) is 0 Å². The summed E-state index contributed by atoms with van der Waals surface area (Å²) >= 11 is 0. The van der Waals surface area contributed by atoms with Gasteiger partial charge in [-0.2, -0.15) is 0 Å². The summed E-state index contributed by atoms with van der Waals surface area (Å²) in [5.41, 5.74) is 0. The van der Waals surface area contributed by atoms with Gasteiger partial charge in [-0.25, -0.2) is 0 Å². The second kappa shape index (κ2) is 7.32. The van der Waals surface area contributed by atoms with Crippen molar-refractivity contribution in [2.75, 3.05) is 13.7 Å². The molecule has 0 aromatic heterocycles. The molecule has 0 heterocycles. The quantitative estimate of drug-likeness (QED) is 0.587. The second-order valence-corrected chi connectivity index (χ2v) is 2.92. The summed E-state index contributed by atoms with van der Waals surface area (Å²) in [5.74, 6) is -1.03. The molecule has 5 nitrogen and oxygen atoms in total. The molecule has 0 rings (SSSR count). The van der Waals surface area contributed by atoms with Crippen LogP contribution in [0.5, 0.6) is 0 Å². The summed E-state index contributed by atoms with van der Waals surface area (Å²) in [6, 6.07) is 0. The molecule has 0 radical (unpaired) electrons. The van der Waals surface area contributed by atoms with Gasteiger partial charge in [0.2, 0.25) is 5.91 Å². The van der Waals surface area contributed by atoms with E-state index in [2.05, 4.69) is 5.32 Å². The first-order valence-electron chi connectivity index (χ1n) is 4.64. The van der Waals surface area contributed by atoms with Crippen molar-refractivity contribution in [1.29, 1.82) is 0 Å². The van der Waals surface area contributed by atoms with Crippen LogP contribution in [0.3, 0.4) is 0 Å². The van der Waals surface area contributed by atoms with E-state index < -0.39 is 12.1 Å². The zero-order valence-electron chi connectivity index (χ0n) is 8.58. The predicted molar refractivity (Wildman–Crippen MR) is 51.0 cm³/mol. The zero-order valence-corrected chi connectivity index (χ0v) is 8.58. The lowest BCUT2D eigenvalue weighted by molar-refractivity contribution is -0.137. The van der Waals surface area contributed by atoms with Crippen LogP contribution in [-0.2, 0) is 14.3 Å². The van der Waals surface area contributed by atoms with E-state index in [9.17, 15) is 9.59 Å². The van der Waals surface area contributed by atoms with E-state index in [4.69, 9.17) is 9.84 Å². The van der Waals surface area contributed by atoms with Crippen LogP contribution >= 0.6 is 0 Å². The van der Waals surface area contributed by atoms with Gasteiger partial charge in [-0.15, -0.1) is 0 Å². The van der Waals surface area contributed by atoms with Crippen LogP contribution in [0.15, 0.2) is 0 Å². The first-order valence-corrected chi connectivity index (χ1v) is 4.64. The smallest absolute Gasteiger partial charge is 0.303 e. The third-order valence-electron chi connectivity index (χ3n) is 1.81. The van der Waals surface area contributed by atoms with Gasteiger partial charge >= 0.3 is 5.97 Å². The van der Waals surface area contributed by atoms with Crippen LogP contribution in [0.4, 0.5) is 0 Å². The number of amides is 1. The number of nitrogens with one attached hydrogen (secondary N) is 1. The van der Waals surface area contributed by atoms with Crippen molar-refractivity contribution in [3.05, 3.63) is 0 Å². The molecule has 1 atom stereocenters. The summed E-state index contributed by atoms with van der Waals surface area (Å²) in [4.78, 5) is 21.4. The summed E-state index contributed by atoms with van der Waals surface area (Å²) in [6.45, 7) is 2.23. The Balaban J connectivity index is 3.57. The van der Waals surface area contributed by atoms with Crippen LogP contribution in [0.2, 0.25) is 0 Å². The molecule has 0 aromatic rings. The molecule has 0 spiro atoms. The standard InChI is InChI=1S/C9H17NO4/c1-3-7(14-2)9(13)10-6-4-5-8(11)12/h7H,3-6H2,1-2H3,(H,10,13)(H,11,12). The molecular weight excluding hydrogens is 186 g/mol. The molecule has 82 valence electrons. The second-order valence-electron chi connectivity index (χ2n) is 2.92. The van der Waals surface area contributed by atoms with Crippen molar-refractivity contribution in [3.63, 3.8) is 0 Å². The largest absolute Gasteiger partial charge is 0.481 e. The van der Waals surface area contributed by atoms with Crippen molar-refractivity contribution in [1.82, 2.24) is 5.32 Å². The number of hydrogen-bond donors (Lipinski definition) is 2. The van der Waals surface area contributed by atoms with Gasteiger partial charge in [0.25, 0.3) is 0 Å². The minimum atomic E-state index is -0.849. The first kappa shape index (κ1) is 12.9. The molecule has 2 N–H and O–H groups in total. The van der Waals surface area contributed by atoms with Crippen molar-refractivity contribution in [2.24, 2.45) is 0 Å². The van der Waals surface area contributed by atoms with Crippen LogP contribution < -0.4 is 5.32 Å². The summed E-state index contributed by atoms with van der Waals surface area (Å²) in [5, 5.41) is 11.0. The molecule has 0 aliphatic heterocycles. The SMILES string of the molecule is CCC(OC)C(=O)NCCCC(=O)O. The van der Waals surface area contributed by atoms with Gasteiger partial charge in [-0.05, 0) is 12.8 Å². The Morgan fingerprint density at radius 2 is 2.14 bits per heavy atom. The molecule has 0 aromatic carbocycles. The highest BCUT2D eigenvalue weighted by Gasteiger charge is 2.13. The molecule has 0 saturated heterocycles. The number of carbonyl (C=O) groups is 2. The lowest BCUT2D eigenvalue weighted by Crippen LogP contribution is -2.36. The maximum absolute atomic E-state index is 11.3. The maximum atomic E-state index is 11.3. The van der Waals surface area contributed by atoms with E-state index in [0.29, 0.717) is 19.4 Å². The van der Waals surface area contributed by atoms with E-state index in [1.807, 2.05) is 6.92 Å². The monoisotopic (exact) mass is 203 g/mol. The Hall–Kier alpha value is -1.10. The predicted octanol–water partition coefficient (Wildman–Crippen LogP) is 0.392. The van der Waals surface area contributed by atoms with Crippen LogP contribution in [0.25, 0.3) is 0 Å². The molecule has 14 heavy (non-hydrogen) atoms. The molecule has 0 aliphatic carbocycles. The fourth-order valence-electron chi connectivity index (χ4n) is 1.02. The van der Waals surface area contributed by atoms with Crippen LogP contribution in [0, 0.1) is 0 Å². The van der Waals surface area contributed by atoms with Crippen molar-refractivity contribution < 1.29 is 19.4 Å². The number of rotatable bonds is 7. The highest BCUT2D eigenvalue weighted by atomic mass is 16.5. The average molecular weight is 203 g/mol. The fourth-order valence-corrected chi connectivity index (χ4v) is 1.02. The lowest BCUT2D eigenvalue weighted by atomic mass is 10.2. The average Bonchev–Trinajstić information content (AvgIpc) is 2.14. The van der Waals surface area contributed by atoms with Crippen molar-refractivity contribution in [2.45, 2.75) is 32.3 Å². The zero-order chi connectivity index (χ0) is 11.0. The van der Waals surface area contributed by atoms with E-state index in [-0.39, 0.29) is 12.3 Å². The molecule has 1 unspecified atom stereocenters. The number of ether oxygens (including phenoxy) is 1. The highest BCUT2D eigenvalue weighted by molar-refractivity contribution is 5.80. The van der Waals surface area contributed by atoms with Gasteiger partial charge in [0.05, 0.1) is 0 Å². The third-order valence-corrected chi connectivity index (χ3v) is 1.81. The van der Waals surface area contributed by atoms with Gasteiger partial charge in [0, 0.05) is 20.1 Å². The molecular formula is C9H17NO4. The maximum Gasteiger partial charge on any atom is 0.303 e.